The van der Waals surface area contributed by atoms with Gasteiger partial charge in [-0.3, -0.25) is 0 Å². The predicted octanol–water partition coefficient (Wildman–Crippen LogP) is 3.19. The van der Waals surface area contributed by atoms with Gasteiger partial charge in [-0.05, 0) is 24.6 Å². The number of benzene rings is 1. The molecule has 0 fully saturated rings. The van der Waals surface area contributed by atoms with Gasteiger partial charge in [0, 0.05) is 11.1 Å². The van der Waals surface area contributed by atoms with Crippen molar-refractivity contribution in [2.75, 3.05) is 6.61 Å². The highest BCUT2D eigenvalue weighted by Gasteiger charge is 2.21. The van der Waals surface area contributed by atoms with Crippen molar-refractivity contribution >= 4 is 29.5 Å². The number of hydrogen-bond donors (Lipinski definition) is 0. The minimum absolute atomic E-state index is 0.153. The number of esters is 1. The summed E-state index contributed by atoms with van der Waals surface area (Å²) in [7, 11) is 0. The van der Waals surface area contributed by atoms with E-state index in [0.717, 1.165) is 5.56 Å². The summed E-state index contributed by atoms with van der Waals surface area (Å²) < 4.78 is 9.97. The van der Waals surface area contributed by atoms with E-state index in [1.54, 1.807) is 18.2 Å². The lowest BCUT2D eigenvalue weighted by Gasteiger charge is -1.96. The van der Waals surface area contributed by atoms with Gasteiger partial charge in [0.05, 0.1) is 6.61 Å². The van der Waals surface area contributed by atoms with Gasteiger partial charge in [-0.2, -0.15) is 0 Å². The zero-order valence-electron chi connectivity index (χ0n) is 10.3. The third kappa shape index (κ3) is 3.45. The second kappa shape index (κ2) is 6.20. The molecule has 0 saturated carbocycles. The quantitative estimate of drug-likeness (QED) is 0.482. The molecule has 1 heterocycles. The standard InChI is InChI=1S/C14H12ClNO3/c1-2-18-9-12-14(17)19-13(16-12)8-7-10-5-3-4-6-11(10)15/h3-9H,2H2,1H3/b8-7?,12-9+. The van der Waals surface area contributed by atoms with Crippen LogP contribution in [0.5, 0.6) is 0 Å². The molecule has 0 amide bonds. The van der Waals surface area contributed by atoms with Gasteiger partial charge < -0.3 is 9.47 Å². The fourth-order valence-electron chi connectivity index (χ4n) is 1.41. The van der Waals surface area contributed by atoms with Crippen LogP contribution in [0.3, 0.4) is 0 Å². The lowest BCUT2D eigenvalue weighted by atomic mass is 10.2. The predicted molar refractivity (Wildman–Crippen MR) is 73.7 cm³/mol. The van der Waals surface area contributed by atoms with Crippen LogP contribution in [0, 0.1) is 0 Å². The van der Waals surface area contributed by atoms with Crippen LogP contribution < -0.4 is 0 Å². The third-order valence-electron chi connectivity index (χ3n) is 2.31. The van der Waals surface area contributed by atoms with Gasteiger partial charge in [0.1, 0.15) is 6.26 Å². The van der Waals surface area contributed by atoms with Crippen molar-refractivity contribution in [3.63, 3.8) is 0 Å². The molecule has 0 radical (unpaired) electrons. The summed E-state index contributed by atoms with van der Waals surface area (Å²) in [6.07, 6.45) is 4.61. The summed E-state index contributed by atoms with van der Waals surface area (Å²) >= 11 is 6.01. The number of carbonyl (C=O) groups is 1. The van der Waals surface area contributed by atoms with E-state index >= 15 is 0 Å². The maximum absolute atomic E-state index is 11.4. The second-order valence-electron chi connectivity index (χ2n) is 3.65. The molecule has 0 unspecified atom stereocenters. The summed E-state index contributed by atoms with van der Waals surface area (Å²) in [5, 5.41) is 0.619. The van der Waals surface area contributed by atoms with Gasteiger partial charge in [0.15, 0.2) is 5.70 Å². The number of carbonyl (C=O) groups excluding carboxylic acids is 1. The largest absolute Gasteiger partial charge is 0.499 e. The molecule has 1 aliphatic heterocycles. The molecule has 0 aliphatic carbocycles. The molecule has 0 spiro atoms. The molecule has 98 valence electrons. The highest BCUT2D eigenvalue weighted by molar-refractivity contribution is 6.32. The summed E-state index contributed by atoms with van der Waals surface area (Å²) in [4.78, 5) is 15.4. The molecule has 2 rings (SSSR count). The molecule has 0 atom stereocenters. The molecular weight excluding hydrogens is 266 g/mol. The summed E-state index contributed by atoms with van der Waals surface area (Å²) in [5.74, 6) is -0.303. The van der Waals surface area contributed by atoms with Gasteiger partial charge in [0.25, 0.3) is 0 Å². The van der Waals surface area contributed by atoms with E-state index in [0.29, 0.717) is 11.6 Å². The second-order valence-corrected chi connectivity index (χ2v) is 4.06. The van der Waals surface area contributed by atoms with Crippen LogP contribution in [-0.4, -0.2) is 18.5 Å². The lowest BCUT2D eigenvalue weighted by molar-refractivity contribution is -0.130. The molecule has 19 heavy (non-hydrogen) atoms. The highest BCUT2D eigenvalue weighted by Crippen LogP contribution is 2.18. The Labute approximate surface area is 116 Å². The first kappa shape index (κ1) is 13.4. The van der Waals surface area contributed by atoms with E-state index in [1.165, 1.54) is 6.26 Å². The monoisotopic (exact) mass is 277 g/mol. The van der Waals surface area contributed by atoms with Crippen molar-refractivity contribution < 1.29 is 14.3 Å². The summed E-state index contributed by atoms with van der Waals surface area (Å²) in [6.45, 7) is 2.29. The summed E-state index contributed by atoms with van der Waals surface area (Å²) in [5.41, 5.74) is 0.978. The zero-order valence-corrected chi connectivity index (χ0v) is 11.1. The molecule has 0 aromatic heterocycles. The van der Waals surface area contributed by atoms with Crippen LogP contribution in [0.2, 0.25) is 5.02 Å². The average Bonchev–Trinajstić information content (AvgIpc) is 2.76. The molecular formula is C14H12ClNO3. The molecule has 0 bridgehead atoms. The van der Waals surface area contributed by atoms with Crippen LogP contribution >= 0.6 is 11.6 Å². The minimum Gasteiger partial charge on any atom is -0.499 e. The first-order valence-corrected chi connectivity index (χ1v) is 6.13. The average molecular weight is 278 g/mol. The fraction of sp³-hybridized carbons (Fsp3) is 0.143. The van der Waals surface area contributed by atoms with E-state index in [4.69, 9.17) is 21.1 Å². The third-order valence-corrected chi connectivity index (χ3v) is 2.65. The van der Waals surface area contributed by atoms with Crippen LogP contribution in [-0.2, 0) is 14.3 Å². The van der Waals surface area contributed by atoms with Crippen molar-refractivity contribution in [2.45, 2.75) is 6.92 Å². The molecule has 1 aromatic carbocycles. The molecule has 0 N–H and O–H groups in total. The molecule has 5 heteroatoms. The van der Waals surface area contributed by atoms with E-state index in [2.05, 4.69) is 4.99 Å². The van der Waals surface area contributed by atoms with E-state index in [9.17, 15) is 4.79 Å². The number of rotatable bonds is 4. The maximum atomic E-state index is 11.4. The Morgan fingerprint density at radius 3 is 2.89 bits per heavy atom. The number of aliphatic imine (C=N–C) groups is 1. The van der Waals surface area contributed by atoms with Crippen LogP contribution in [0.25, 0.3) is 6.08 Å². The normalized spacial score (nSPS) is 16.8. The van der Waals surface area contributed by atoms with Crippen molar-refractivity contribution in [2.24, 2.45) is 4.99 Å². The van der Waals surface area contributed by atoms with Gasteiger partial charge in [-0.25, -0.2) is 9.79 Å². The smallest absolute Gasteiger partial charge is 0.367 e. The molecule has 4 nitrogen and oxygen atoms in total. The number of ether oxygens (including phenoxy) is 2. The van der Waals surface area contributed by atoms with Crippen molar-refractivity contribution in [1.29, 1.82) is 0 Å². The number of cyclic esters (lactones) is 1. The molecule has 0 saturated heterocycles. The molecule has 1 aromatic rings. The van der Waals surface area contributed by atoms with Gasteiger partial charge in [-0.1, -0.05) is 29.8 Å². The van der Waals surface area contributed by atoms with E-state index in [-0.39, 0.29) is 11.6 Å². The van der Waals surface area contributed by atoms with Crippen molar-refractivity contribution in [3.05, 3.63) is 52.9 Å². The Hall–Kier alpha value is -2.07. The maximum Gasteiger partial charge on any atom is 0.367 e. The van der Waals surface area contributed by atoms with Crippen molar-refractivity contribution in [3.8, 4) is 0 Å². The van der Waals surface area contributed by atoms with Gasteiger partial charge >= 0.3 is 5.97 Å². The zero-order chi connectivity index (χ0) is 13.7. The Kier molecular flexibility index (Phi) is 4.36. The highest BCUT2D eigenvalue weighted by atomic mass is 35.5. The Bertz CT molecular complexity index is 576. The van der Waals surface area contributed by atoms with E-state index < -0.39 is 5.97 Å². The first-order valence-electron chi connectivity index (χ1n) is 5.76. The summed E-state index contributed by atoms with van der Waals surface area (Å²) in [6, 6.07) is 7.35. The SMILES string of the molecule is CCO/C=C1/N=C(C=Cc2ccccc2Cl)OC1=O. The van der Waals surface area contributed by atoms with E-state index in [1.807, 2.05) is 25.1 Å². The Morgan fingerprint density at radius 2 is 2.16 bits per heavy atom. The van der Waals surface area contributed by atoms with Crippen LogP contribution in [0.1, 0.15) is 12.5 Å². The van der Waals surface area contributed by atoms with Crippen molar-refractivity contribution in [1.82, 2.24) is 0 Å². The minimum atomic E-state index is -0.521. The number of nitrogens with zero attached hydrogens (tertiary/aromatic N) is 1. The van der Waals surface area contributed by atoms with Crippen LogP contribution in [0.15, 0.2) is 47.3 Å². The molecule has 1 aliphatic rings. The first-order chi connectivity index (χ1) is 9.20. The Morgan fingerprint density at radius 1 is 1.37 bits per heavy atom. The van der Waals surface area contributed by atoms with Crippen LogP contribution in [0.4, 0.5) is 0 Å². The number of halogens is 1. The number of hydrogen-bond acceptors (Lipinski definition) is 4. The fourth-order valence-corrected chi connectivity index (χ4v) is 1.61. The lowest BCUT2D eigenvalue weighted by Crippen LogP contribution is -2.01. The van der Waals surface area contributed by atoms with Gasteiger partial charge in [0.2, 0.25) is 5.90 Å². The topological polar surface area (TPSA) is 47.9 Å². The van der Waals surface area contributed by atoms with Gasteiger partial charge in [-0.15, -0.1) is 0 Å². The Balaban J connectivity index is 2.12.